The lowest BCUT2D eigenvalue weighted by Gasteiger charge is -2.15. The van der Waals surface area contributed by atoms with Crippen molar-refractivity contribution in [3.63, 3.8) is 0 Å². The van der Waals surface area contributed by atoms with Crippen molar-refractivity contribution in [1.82, 2.24) is 19.7 Å². The maximum atomic E-state index is 13.2. The third-order valence-electron chi connectivity index (χ3n) is 4.54. The predicted molar refractivity (Wildman–Crippen MR) is 117 cm³/mol. The normalized spacial score (nSPS) is 11.1. The molecule has 178 valence electrons. The second-order valence-corrected chi connectivity index (χ2v) is 6.96. The van der Waals surface area contributed by atoms with E-state index in [1.807, 2.05) is 0 Å². The van der Waals surface area contributed by atoms with Crippen LogP contribution >= 0.6 is 0 Å². The molecule has 2 aromatic carbocycles. The van der Waals surface area contributed by atoms with Gasteiger partial charge in [-0.05, 0) is 48.5 Å². The molecule has 0 fully saturated rings. The van der Waals surface area contributed by atoms with E-state index in [2.05, 4.69) is 25.7 Å². The summed E-state index contributed by atoms with van der Waals surface area (Å²) in [6, 6.07) is 10.8. The lowest BCUT2D eigenvalue weighted by atomic mass is 10.1. The van der Waals surface area contributed by atoms with Gasteiger partial charge in [0, 0.05) is 18.0 Å². The number of amides is 2. The number of ether oxygens (including phenoxy) is 1. The number of aromatic nitrogens is 4. The Kier molecular flexibility index (Phi) is 6.31. The zero-order valence-electron chi connectivity index (χ0n) is 17.5. The summed E-state index contributed by atoms with van der Waals surface area (Å²) in [5, 5.41) is 17.8. The van der Waals surface area contributed by atoms with Crippen molar-refractivity contribution in [3.8, 4) is 17.2 Å². The number of aromatic carboxylic acids is 1. The molecule has 3 N–H and O–H groups in total. The number of carbonyl (C=O) groups is 2. The van der Waals surface area contributed by atoms with E-state index in [0.29, 0.717) is 11.4 Å². The molecule has 35 heavy (non-hydrogen) atoms. The van der Waals surface area contributed by atoms with Crippen LogP contribution in [0.3, 0.4) is 0 Å². The summed E-state index contributed by atoms with van der Waals surface area (Å²) in [5.74, 6) is -0.598. The van der Waals surface area contributed by atoms with Crippen molar-refractivity contribution in [1.29, 1.82) is 0 Å². The zero-order chi connectivity index (χ0) is 25.0. The minimum Gasteiger partial charge on any atom is -0.477 e. The van der Waals surface area contributed by atoms with Gasteiger partial charge in [-0.1, -0.05) is 0 Å². The van der Waals surface area contributed by atoms with Crippen LogP contribution in [-0.4, -0.2) is 36.9 Å². The van der Waals surface area contributed by atoms with Crippen molar-refractivity contribution in [2.75, 3.05) is 10.6 Å². The van der Waals surface area contributed by atoms with E-state index in [9.17, 15) is 22.8 Å². The fraction of sp³-hybridized carbons (Fsp3) is 0.0455. The van der Waals surface area contributed by atoms with Crippen LogP contribution in [0.1, 0.15) is 16.1 Å². The monoisotopic (exact) mass is 484 g/mol. The fourth-order valence-corrected chi connectivity index (χ4v) is 2.96. The number of urea groups is 1. The van der Waals surface area contributed by atoms with E-state index in [4.69, 9.17) is 9.84 Å². The van der Waals surface area contributed by atoms with E-state index in [0.717, 1.165) is 12.1 Å². The molecular formula is C22H15F3N6O4. The predicted octanol–water partition coefficient (Wildman–Crippen LogP) is 4.82. The standard InChI is InChI=1S/C22H15F3N6O4/c23-22(24,25)13-1-6-19(31-12-26-11-28-31)17(9-13)30-21(34)29-14-2-4-15(5-3-14)35-16-7-8-27-18(10-16)20(32)33/h1-12H,(H,32,33)(H2,29,30,34). The first-order chi connectivity index (χ1) is 16.7. The van der Waals surface area contributed by atoms with Gasteiger partial charge in [0.05, 0.1) is 16.9 Å². The molecule has 0 unspecified atom stereocenters. The Hall–Kier alpha value is -4.94. The highest BCUT2D eigenvalue weighted by Gasteiger charge is 2.31. The van der Waals surface area contributed by atoms with Gasteiger partial charge in [0.2, 0.25) is 0 Å². The molecule has 0 aliphatic carbocycles. The van der Waals surface area contributed by atoms with Crippen LogP contribution in [0.4, 0.5) is 29.3 Å². The van der Waals surface area contributed by atoms with Crippen molar-refractivity contribution in [2.24, 2.45) is 0 Å². The number of benzene rings is 2. The highest BCUT2D eigenvalue weighted by Crippen LogP contribution is 2.33. The molecule has 2 amide bonds. The average Bonchev–Trinajstić information content (AvgIpc) is 3.34. The van der Waals surface area contributed by atoms with Crippen LogP contribution in [0, 0.1) is 0 Å². The maximum absolute atomic E-state index is 13.2. The molecule has 0 spiro atoms. The van der Waals surface area contributed by atoms with Crippen molar-refractivity contribution >= 4 is 23.4 Å². The number of alkyl halides is 3. The van der Waals surface area contributed by atoms with Gasteiger partial charge >= 0.3 is 18.2 Å². The molecule has 2 aromatic heterocycles. The van der Waals surface area contributed by atoms with E-state index in [-0.39, 0.29) is 22.8 Å². The van der Waals surface area contributed by atoms with Gasteiger partial charge < -0.3 is 20.5 Å². The summed E-state index contributed by atoms with van der Waals surface area (Å²) < 4.78 is 46.3. The number of halogens is 3. The van der Waals surface area contributed by atoms with E-state index < -0.39 is 23.7 Å². The Bertz CT molecular complexity index is 1360. The van der Waals surface area contributed by atoms with Crippen LogP contribution < -0.4 is 15.4 Å². The molecule has 13 heteroatoms. The third kappa shape index (κ3) is 5.71. The number of hydrogen-bond acceptors (Lipinski definition) is 6. The number of carboxylic acid groups (broad SMARTS) is 1. The summed E-state index contributed by atoms with van der Waals surface area (Å²) in [4.78, 5) is 31.0. The lowest BCUT2D eigenvalue weighted by molar-refractivity contribution is -0.137. The van der Waals surface area contributed by atoms with Gasteiger partial charge in [0.15, 0.2) is 5.69 Å². The Balaban J connectivity index is 1.47. The summed E-state index contributed by atoms with van der Waals surface area (Å²) in [7, 11) is 0. The van der Waals surface area contributed by atoms with Crippen molar-refractivity contribution in [3.05, 3.63) is 84.7 Å². The highest BCUT2D eigenvalue weighted by molar-refractivity contribution is 6.01. The highest BCUT2D eigenvalue weighted by atomic mass is 19.4. The smallest absolute Gasteiger partial charge is 0.416 e. The van der Waals surface area contributed by atoms with E-state index in [1.165, 1.54) is 66.0 Å². The molecule has 0 aliphatic rings. The minimum absolute atomic E-state index is 0.130. The molecule has 0 aliphatic heterocycles. The van der Waals surface area contributed by atoms with Crippen molar-refractivity contribution < 1.29 is 32.6 Å². The molecule has 0 atom stereocenters. The average molecular weight is 484 g/mol. The Morgan fingerprint density at radius 2 is 1.74 bits per heavy atom. The molecular weight excluding hydrogens is 469 g/mol. The third-order valence-corrected chi connectivity index (χ3v) is 4.54. The first-order valence-corrected chi connectivity index (χ1v) is 9.80. The lowest BCUT2D eigenvalue weighted by Crippen LogP contribution is -2.21. The van der Waals surface area contributed by atoms with E-state index >= 15 is 0 Å². The zero-order valence-corrected chi connectivity index (χ0v) is 17.5. The van der Waals surface area contributed by atoms with Crippen LogP contribution in [0.2, 0.25) is 0 Å². The first-order valence-electron chi connectivity index (χ1n) is 9.80. The van der Waals surface area contributed by atoms with Gasteiger partial charge in [-0.25, -0.2) is 24.2 Å². The summed E-state index contributed by atoms with van der Waals surface area (Å²) in [6.07, 6.45) is -0.823. The molecule has 4 aromatic rings. The number of rotatable bonds is 6. The Morgan fingerprint density at radius 1 is 0.971 bits per heavy atom. The first kappa shape index (κ1) is 23.2. The second kappa shape index (κ2) is 9.51. The number of hydrogen-bond donors (Lipinski definition) is 3. The maximum Gasteiger partial charge on any atom is 0.416 e. The van der Waals surface area contributed by atoms with Crippen LogP contribution in [0.15, 0.2) is 73.4 Å². The number of carboxylic acids is 1. The molecule has 10 nitrogen and oxygen atoms in total. The Labute approximate surface area is 195 Å². The van der Waals surface area contributed by atoms with Crippen LogP contribution in [-0.2, 0) is 6.18 Å². The van der Waals surface area contributed by atoms with E-state index in [1.54, 1.807) is 0 Å². The summed E-state index contributed by atoms with van der Waals surface area (Å²) >= 11 is 0. The molecule has 0 radical (unpaired) electrons. The topological polar surface area (TPSA) is 131 Å². The minimum atomic E-state index is -4.61. The number of anilines is 2. The molecule has 0 bridgehead atoms. The molecule has 0 saturated carbocycles. The van der Waals surface area contributed by atoms with Gasteiger partial charge in [-0.2, -0.15) is 18.3 Å². The fourth-order valence-electron chi connectivity index (χ4n) is 2.96. The van der Waals surface area contributed by atoms with Crippen molar-refractivity contribution in [2.45, 2.75) is 6.18 Å². The van der Waals surface area contributed by atoms with Crippen LogP contribution in [0.25, 0.3) is 5.69 Å². The molecule has 0 saturated heterocycles. The van der Waals surface area contributed by atoms with Gasteiger partial charge in [-0.15, -0.1) is 0 Å². The quantitative estimate of drug-likeness (QED) is 0.358. The second-order valence-electron chi connectivity index (χ2n) is 6.96. The number of nitrogens with zero attached hydrogens (tertiary/aromatic N) is 4. The largest absolute Gasteiger partial charge is 0.477 e. The number of carbonyl (C=O) groups excluding carboxylic acids is 1. The van der Waals surface area contributed by atoms with Gasteiger partial charge in [-0.3, -0.25) is 0 Å². The summed E-state index contributed by atoms with van der Waals surface area (Å²) in [6.45, 7) is 0. The number of pyridine rings is 1. The Morgan fingerprint density at radius 3 is 2.40 bits per heavy atom. The number of nitrogens with one attached hydrogen (secondary N) is 2. The molecule has 4 rings (SSSR count). The molecule has 2 heterocycles. The SMILES string of the molecule is O=C(Nc1ccc(Oc2ccnc(C(=O)O)c2)cc1)Nc1cc(C(F)(F)F)ccc1-n1cncn1. The van der Waals surface area contributed by atoms with Crippen LogP contribution in [0.5, 0.6) is 11.5 Å². The van der Waals surface area contributed by atoms with Gasteiger partial charge in [0.25, 0.3) is 0 Å². The summed E-state index contributed by atoms with van der Waals surface area (Å²) in [5.41, 5.74) is -0.745. The van der Waals surface area contributed by atoms with Gasteiger partial charge in [0.1, 0.15) is 24.2 Å².